The van der Waals surface area contributed by atoms with Crippen molar-refractivity contribution in [3.05, 3.63) is 82.3 Å². The number of alkyl halides is 3. The zero-order valence-electron chi connectivity index (χ0n) is 19.6. The van der Waals surface area contributed by atoms with E-state index in [2.05, 4.69) is 20.8 Å². The molecule has 35 heavy (non-hydrogen) atoms. The lowest BCUT2D eigenvalue weighted by molar-refractivity contribution is -0.137. The first-order chi connectivity index (χ1) is 16.5. The van der Waals surface area contributed by atoms with Gasteiger partial charge in [0.15, 0.2) is 0 Å². The van der Waals surface area contributed by atoms with Gasteiger partial charge in [-0.25, -0.2) is 5.84 Å². The van der Waals surface area contributed by atoms with Crippen molar-refractivity contribution in [1.29, 1.82) is 0 Å². The molecular weight excluding hydrogens is 459 g/mol. The Kier molecular flexibility index (Phi) is 7.82. The largest absolute Gasteiger partial charge is 0.416 e. The van der Waals surface area contributed by atoms with Crippen LogP contribution in [0.4, 0.5) is 24.5 Å². The van der Waals surface area contributed by atoms with E-state index in [1.807, 2.05) is 13.8 Å². The smallest absolute Gasteiger partial charge is 0.397 e. The highest BCUT2D eigenvalue weighted by Gasteiger charge is 2.31. The maximum absolute atomic E-state index is 13.4. The lowest BCUT2D eigenvalue weighted by Gasteiger charge is -2.19. The van der Waals surface area contributed by atoms with Crippen LogP contribution in [-0.4, -0.2) is 29.7 Å². The van der Waals surface area contributed by atoms with Crippen LogP contribution < -0.4 is 27.2 Å². The number of nitrogens with zero attached hydrogens (tertiary/aromatic N) is 2. The Morgan fingerprint density at radius 3 is 2.57 bits per heavy atom. The Morgan fingerprint density at radius 1 is 1.20 bits per heavy atom. The Hall–Kier alpha value is -3.83. The Bertz CT molecular complexity index is 1230. The third kappa shape index (κ3) is 6.40. The highest BCUT2D eigenvalue weighted by molar-refractivity contribution is 6.05. The van der Waals surface area contributed by atoms with E-state index in [-0.39, 0.29) is 11.3 Å². The topological polar surface area (TPSA) is 125 Å². The van der Waals surface area contributed by atoms with Crippen molar-refractivity contribution in [2.45, 2.75) is 26.4 Å². The van der Waals surface area contributed by atoms with Crippen molar-refractivity contribution in [3.8, 4) is 0 Å². The monoisotopic (exact) mass is 487 g/mol. The number of benzene rings is 2. The summed E-state index contributed by atoms with van der Waals surface area (Å²) >= 11 is 0. The number of nitrogens with one attached hydrogen (secondary N) is 3. The highest BCUT2D eigenvalue weighted by atomic mass is 19.4. The number of halogens is 3. The maximum atomic E-state index is 13.4. The van der Waals surface area contributed by atoms with Gasteiger partial charge in [-0.2, -0.15) is 18.3 Å². The Morgan fingerprint density at radius 2 is 1.94 bits per heavy atom. The molecule has 1 aromatic heterocycles. The number of aromatic nitrogens is 2. The number of carbonyl (C=O) groups is 1. The van der Waals surface area contributed by atoms with E-state index in [1.165, 1.54) is 17.3 Å². The van der Waals surface area contributed by atoms with Crippen LogP contribution in [0.3, 0.4) is 0 Å². The molecule has 0 aliphatic heterocycles. The zero-order chi connectivity index (χ0) is 25.8. The predicted octanol–water partition coefficient (Wildman–Crippen LogP) is 3.70. The second-order valence-corrected chi connectivity index (χ2v) is 8.13. The average molecular weight is 488 g/mol. The van der Waals surface area contributed by atoms with E-state index in [1.54, 1.807) is 31.4 Å². The lowest BCUT2D eigenvalue weighted by Crippen LogP contribution is -2.27. The van der Waals surface area contributed by atoms with Crippen LogP contribution in [0, 0.1) is 13.8 Å². The molecule has 0 saturated heterocycles. The number of nitrogens with two attached hydrogens (primary N) is 2. The first kappa shape index (κ1) is 25.8. The minimum absolute atomic E-state index is 0.0576. The quantitative estimate of drug-likeness (QED) is 0.244. The Balaban J connectivity index is 1.87. The summed E-state index contributed by atoms with van der Waals surface area (Å²) < 4.78 is 40.1. The first-order valence-corrected chi connectivity index (χ1v) is 10.8. The molecular formula is C24H28F3N7O. The molecule has 186 valence electrons. The maximum Gasteiger partial charge on any atom is 0.416 e. The minimum Gasteiger partial charge on any atom is -0.397 e. The number of carbonyl (C=O) groups excluding carboxylic acids is 1. The highest BCUT2D eigenvalue weighted by Crippen LogP contribution is 2.32. The van der Waals surface area contributed by atoms with Gasteiger partial charge in [-0.05, 0) is 75.3 Å². The fourth-order valence-electron chi connectivity index (χ4n) is 3.50. The van der Waals surface area contributed by atoms with Crippen LogP contribution in [0.1, 0.15) is 38.3 Å². The van der Waals surface area contributed by atoms with Crippen molar-refractivity contribution < 1.29 is 18.0 Å². The fraction of sp³-hybridized carbons (Fsp3) is 0.250. The first-order valence-electron chi connectivity index (χ1n) is 10.8. The molecule has 0 bridgehead atoms. The molecule has 8 nitrogen and oxygen atoms in total. The molecule has 0 saturated carbocycles. The molecule has 2 aromatic carbocycles. The number of rotatable bonds is 8. The summed E-state index contributed by atoms with van der Waals surface area (Å²) in [6.45, 7) is 4.13. The molecule has 0 unspecified atom stereocenters. The summed E-state index contributed by atoms with van der Waals surface area (Å²) in [5.41, 5.74) is 9.14. The second kappa shape index (κ2) is 10.6. The second-order valence-electron chi connectivity index (χ2n) is 8.13. The molecule has 0 aliphatic rings. The van der Waals surface area contributed by atoms with Gasteiger partial charge in [0, 0.05) is 28.7 Å². The average Bonchev–Trinajstić information content (AvgIpc) is 3.23. The number of aromatic amines is 1. The number of anilines is 2. The standard InChI is InChI=1S/C24H28F3N7O/c1-14-4-5-17(10-22(14)34(29)13-21(28)20-12-31-33-15(20)2)23(35)32-19-9-16(6-7-30-3)8-18(11-19)24(25,26)27/h4-5,8-13,30H,6-7,28-29H2,1-3H3,(H,31,33)(H,32,35)/b21-13-. The van der Waals surface area contributed by atoms with E-state index in [0.29, 0.717) is 35.5 Å². The van der Waals surface area contributed by atoms with Crippen LogP contribution in [0.25, 0.3) is 5.70 Å². The van der Waals surface area contributed by atoms with Gasteiger partial charge in [0.25, 0.3) is 5.91 Å². The van der Waals surface area contributed by atoms with Crippen molar-refractivity contribution in [1.82, 2.24) is 15.5 Å². The van der Waals surface area contributed by atoms with Gasteiger partial charge in [0.2, 0.25) is 0 Å². The fourth-order valence-corrected chi connectivity index (χ4v) is 3.50. The SMILES string of the molecule is CNCCc1cc(NC(=O)c2ccc(C)c(N(N)/C=C(\N)c3cn[nH]c3C)c2)cc(C(F)(F)F)c1. The molecule has 1 heterocycles. The third-order valence-electron chi connectivity index (χ3n) is 5.41. The molecule has 0 spiro atoms. The normalized spacial score (nSPS) is 12.0. The minimum atomic E-state index is -4.54. The summed E-state index contributed by atoms with van der Waals surface area (Å²) in [6, 6.07) is 8.35. The van der Waals surface area contributed by atoms with E-state index < -0.39 is 17.6 Å². The lowest BCUT2D eigenvalue weighted by atomic mass is 10.1. The number of hydrogen-bond acceptors (Lipinski definition) is 6. The van der Waals surface area contributed by atoms with Gasteiger partial charge >= 0.3 is 6.18 Å². The van der Waals surface area contributed by atoms with Gasteiger partial charge < -0.3 is 16.4 Å². The summed E-state index contributed by atoms with van der Waals surface area (Å²) in [6.07, 6.45) is -1.08. The van der Waals surface area contributed by atoms with E-state index in [9.17, 15) is 18.0 Å². The molecule has 1 amide bonds. The molecule has 11 heteroatoms. The van der Waals surface area contributed by atoms with E-state index >= 15 is 0 Å². The van der Waals surface area contributed by atoms with Crippen LogP contribution >= 0.6 is 0 Å². The van der Waals surface area contributed by atoms with Gasteiger partial charge in [-0.15, -0.1) is 0 Å². The molecule has 0 fully saturated rings. The van der Waals surface area contributed by atoms with Crippen LogP contribution in [0.15, 0.2) is 48.8 Å². The summed E-state index contributed by atoms with van der Waals surface area (Å²) in [7, 11) is 1.71. The number of aryl methyl sites for hydroxylation is 2. The molecule has 7 N–H and O–H groups in total. The van der Waals surface area contributed by atoms with Crippen molar-refractivity contribution in [3.63, 3.8) is 0 Å². The summed E-state index contributed by atoms with van der Waals surface area (Å²) in [5.74, 6) is 5.62. The predicted molar refractivity (Wildman–Crippen MR) is 130 cm³/mol. The molecule has 3 aromatic rings. The van der Waals surface area contributed by atoms with Crippen molar-refractivity contribution >= 4 is 23.0 Å². The third-order valence-corrected chi connectivity index (χ3v) is 5.41. The van der Waals surface area contributed by atoms with Gasteiger partial charge in [-0.1, -0.05) is 6.07 Å². The van der Waals surface area contributed by atoms with E-state index in [0.717, 1.165) is 23.4 Å². The number of H-pyrrole nitrogens is 1. The van der Waals surface area contributed by atoms with Gasteiger partial charge in [0.1, 0.15) is 0 Å². The number of hydrogen-bond donors (Lipinski definition) is 5. The van der Waals surface area contributed by atoms with Gasteiger partial charge in [-0.3, -0.25) is 14.9 Å². The Labute approximate surface area is 201 Å². The molecule has 0 aliphatic carbocycles. The summed E-state index contributed by atoms with van der Waals surface area (Å²) in [4.78, 5) is 12.9. The number of amides is 1. The molecule has 0 atom stereocenters. The molecule has 0 radical (unpaired) electrons. The van der Waals surface area contributed by atoms with Crippen molar-refractivity contribution in [2.24, 2.45) is 11.6 Å². The molecule has 3 rings (SSSR count). The number of likely N-dealkylation sites (N-methyl/N-ethyl adjacent to an activating group) is 1. The van der Waals surface area contributed by atoms with Crippen LogP contribution in [0.5, 0.6) is 0 Å². The van der Waals surface area contributed by atoms with Crippen LogP contribution in [-0.2, 0) is 12.6 Å². The zero-order valence-corrected chi connectivity index (χ0v) is 19.6. The van der Waals surface area contributed by atoms with Crippen LogP contribution in [0.2, 0.25) is 0 Å². The number of hydrazine groups is 1. The van der Waals surface area contributed by atoms with Crippen molar-refractivity contribution in [2.75, 3.05) is 23.9 Å². The van der Waals surface area contributed by atoms with E-state index in [4.69, 9.17) is 11.6 Å². The van der Waals surface area contributed by atoms with Gasteiger partial charge in [0.05, 0.1) is 23.1 Å². The summed E-state index contributed by atoms with van der Waals surface area (Å²) in [5, 5.41) is 13.5.